The number of thiophene rings is 2. The number of rotatable bonds is 1. The molecule has 0 amide bonds. The summed E-state index contributed by atoms with van der Waals surface area (Å²) in [6, 6.07) is 4.56. The summed E-state index contributed by atoms with van der Waals surface area (Å²) in [6.07, 6.45) is 1.95. The maximum absolute atomic E-state index is 3.85. The molecular formula is C13H12S2. The van der Waals surface area contributed by atoms with Crippen LogP contribution < -0.4 is 0 Å². The summed E-state index contributed by atoms with van der Waals surface area (Å²) in [6.45, 7) is 8.47. The van der Waals surface area contributed by atoms with E-state index in [0.29, 0.717) is 0 Å². The second kappa shape index (κ2) is 2.83. The highest BCUT2D eigenvalue weighted by atomic mass is 32.1. The Morgan fingerprint density at radius 1 is 1.27 bits per heavy atom. The maximum atomic E-state index is 3.85. The first kappa shape index (κ1) is 9.37. The molecule has 0 atom stereocenters. The SMILES string of the molecule is C=Cc1cc2c(s1)-c1sccc1C2(C)C. The standard InChI is InChI=1S/C13H12S2/c1-4-8-7-10-12(15-8)11-9(5-6-14-11)13(10,2)3/h4-7H,1H2,2-3H3. The molecule has 0 N–H and O–H groups in total. The van der Waals surface area contributed by atoms with Gasteiger partial charge < -0.3 is 0 Å². The second-order valence-electron chi connectivity index (χ2n) is 4.38. The van der Waals surface area contributed by atoms with Gasteiger partial charge in [-0.2, -0.15) is 0 Å². The number of hydrogen-bond acceptors (Lipinski definition) is 2. The van der Waals surface area contributed by atoms with Crippen LogP contribution in [0.1, 0.15) is 29.9 Å². The second-order valence-corrected chi connectivity index (χ2v) is 6.38. The Balaban J connectivity index is 2.35. The van der Waals surface area contributed by atoms with Crippen LogP contribution in [0.2, 0.25) is 0 Å². The van der Waals surface area contributed by atoms with Crippen LogP contribution in [0.25, 0.3) is 15.8 Å². The van der Waals surface area contributed by atoms with Crippen molar-refractivity contribution in [3.8, 4) is 9.75 Å². The smallest absolute Gasteiger partial charge is 0.0492 e. The lowest BCUT2D eigenvalue weighted by atomic mass is 9.84. The third-order valence-electron chi connectivity index (χ3n) is 3.17. The highest BCUT2D eigenvalue weighted by Crippen LogP contribution is 2.54. The van der Waals surface area contributed by atoms with Gasteiger partial charge in [-0.15, -0.1) is 22.7 Å². The van der Waals surface area contributed by atoms with Gasteiger partial charge in [-0.05, 0) is 28.6 Å². The molecule has 1 aliphatic carbocycles. The monoisotopic (exact) mass is 232 g/mol. The molecule has 1 aliphatic rings. The molecule has 76 valence electrons. The van der Waals surface area contributed by atoms with Crippen molar-refractivity contribution in [1.29, 1.82) is 0 Å². The van der Waals surface area contributed by atoms with Gasteiger partial charge in [0.15, 0.2) is 0 Å². The van der Waals surface area contributed by atoms with Crippen molar-refractivity contribution < 1.29 is 0 Å². The van der Waals surface area contributed by atoms with Crippen molar-refractivity contribution in [2.45, 2.75) is 19.3 Å². The minimum Gasteiger partial charge on any atom is -0.143 e. The van der Waals surface area contributed by atoms with Crippen LogP contribution in [0.3, 0.4) is 0 Å². The Labute approximate surface area is 97.9 Å². The molecule has 2 heterocycles. The summed E-state index contributed by atoms with van der Waals surface area (Å²) in [5, 5.41) is 2.20. The lowest BCUT2D eigenvalue weighted by Crippen LogP contribution is -2.13. The van der Waals surface area contributed by atoms with Gasteiger partial charge in [-0.3, -0.25) is 0 Å². The normalized spacial score (nSPS) is 16.1. The Kier molecular flexibility index (Phi) is 1.77. The first-order valence-corrected chi connectivity index (χ1v) is 6.69. The molecule has 15 heavy (non-hydrogen) atoms. The van der Waals surface area contributed by atoms with E-state index in [9.17, 15) is 0 Å². The van der Waals surface area contributed by atoms with Gasteiger partial charge in [-0.1, -0.05) is 26.5 Å². The van der Waals surface area contributed by atoms with E-state index >= 15 is 0 Å². The molecule has 0 nitrogen and oxygen atoms in total. The van der Waals surface area contributed by atoms with Crippen LogP contribution >= 0.6 is 22.7 Å². The zero-order valence-corrected chi connectivity index (χ0v) is 10.5. The Hall–Kier alpha value is -0.860. The highest BCUT2D eigenvalue weighted by Gasteiger charge is 2.37. The molecule has 2 aromatic heterocycles. The topological polar surface area (TPSA) is 0 Å². The van der Waals surface area contributed by atoms with Crippen molar-refractivity contribution in [3.63, 3.8) is 0 Å². The summed E-state index contributed by atoms with van der Waals surface area (Å²) in [7, 11) is 0. The van der Waals surface area contributed by atoms with Gasteiger partial charge in [0.05, 0.1) is 0 Å². The van der Waals surface area contributed by atoms with Crippen LogP contribution in [0.4, 0.5) is 0 Å². The molecule has 0 saturated heterocycles. The Morgan fingerprint density at radius 3 is 2.80 bits per heavy atom. The van der Waals surface area contributed by atoms with Gasteiger partial charge in [-0.25, -0.2) is 0 Å². The van der Waals surface area contributed by atoms with E-state index in [4.69, 9.17) is 0 Å². The quantitative estimate of drug-likeness (QED) is 0.665. The largest absolute Gasteiger partial charge is 0.143 e. The molecular weight excluding hydrogens is 220 g/mol. The van der Waals surface area contributed by atoms with Gasteiger partial charge in [0.25, 0.3) is 0 Å². The molecule has 0 aromatic carbocycles. The van der Waals surface area contributed by atoms with Crippen molar-refractivity contribution in [2.24, 2.45) is 0 Å². The summed E-state index contributed by atoms with van der Waals surface area (Å²) in [5.74, 6) is 0. The first-order valence-electron chi connectivity index (χ1n) is 4.99. The zero-order valence-electron chi connectivity index (χ0n) is 8.83. The third kappa shape index (κ3) is 1.06. The van der Waals surface area contributed by atoms with Crippen LogP contribution in [0.5, 0.6) is 0 Å². The van der Waals surface area contributed by atoms with Crippen molar-refractivity contribution >= 4 is 28.7 Å². The summed E-state index contributed by atoms with van der Waals surface area (Å²) >= 11 is 3.72. The fourth-order valence-electron chi connectivity index (χ4n) is 2.27. The maximum Gasteiger partial charge on any atom is 0.0492 e. The Morgan fingerprint density at radius 2 is 2.07 bits per heavy atom. The fraction of sp³-hybridized carbons (Fsp3) is 0.231. The van der Waals surface area contributed by atoms with Crippen LogP contribution in [-0.2, 0) is 5.41 Å². The Bertz CT molecular complexity index is 541. The van der Waals surface area contributed by atoms with Crippen molar-refractivity contribution in [1.82, 2.24) is 0 Å². The van der Waals surface area contributed by atoms with E-state index in [1.807, 2.05) is 28.7 Å². The minimum atomic E-state index is 0.183. The van der Waals surface area contributed by atoms with Gasteiger partial charge >= 0.3 is 0 Å². The summed E-state index contributed by atoms with van der Waals surface area (Å²) in [4.78, 5) is 4.21. The van der Waals surface area contributed by atoms with E-state index in [1.54, 1.807) is 0 Å². The van der Waals surface area contributed by atoms with Crippen LogP contribution in [0, 0.1) is 0 Å². The van der Waals surface area contributed by atoms with E-state index < -0.39 is 0 Å². The molecule has 2 aromatic rings. The molecule has 0 aliphatic heterocycles. The van der Waals surface area contributed by atoms with E-state index in [2.05, 4.69) is 37.9 Å². The molecule has 3 rings (SSSR count). The molecule has 0 bridgehead atoms. The zero-order chi connectivity index (χ0) is 10.6. The lowest BCUT2D eigenvalue weighted by molar-refractivity contribution is 0.663. The molecule has 0 radical (unpaired) electrons. The van der Waals surface area contributed by atoms with E-state index in [1.165, 1.54) is 25.8 Å². The van der Waals surface area contributed by atoms with Crippen LogP contribution in [0.15, 0.2) is 24.1 Å². The molecule has 0 spiro atoms. The van der Waals surface area contributed by atoms with Gasteiger partial charge in [0.1, 0.15) is 0 Å². The lowest BCUT2D eigenvalue weighted by Gasteiger charge is -2.18. The average molecular weight is 232 g/mol. The summed E-state index contributed by atoms with van der Waals surface area (Å²) < 4.78 is 0. The average Bonchev–Trinajstić information content (AvgIpc) is 2.86. The van der Waals surface area contributed by atoms with E-state index in [-0.39, 0.29) is 5.41 Å². The third-order valence-corrected chi connectivity index (χ3v) is 5.38. The fourth-order valence-corrected chi connectivity index (χ4v) is 4.67. The van der Waals surface area contributed by atoms with Crippen molar-refractivity contribution in [2.75, 3.05) is 0 Å². The van der Waals surface area contributed by atoms with Gasteiger partial charge in [0.2, 0.25) is 0 Å². The predicted molar refractivity (Wildman–Crippen MR) is 69.9 cm³/mol. The number of hydrogen-bond donors (Lipinski definition) is 0. The minimum absolute atomic E-state index is 0.183. The molecule has 2 heteroatoms. The van der Waals surface area contributed by atoms with E-state index in [0.717, 1.165) is 0 Å². The molecule has 0 unspecified atom stereocenters. The van der Waals surface area contributed by atoms with Crippen LogP contribution in [-0.4, -0.2) is 0 Å². The first-order chi connectivity index (χ1) is 7.14. The van der Waals surface area contributed by atoms with Gasteiger partial charge in [0, 0.05) is 20.0 Å². The highest BCUT2D eigenvalue weighted by molar-refractivity contribution is 7.22. The molecule has 0 fully saturated rings. The molecule has 0 saturated carbocycles. The summed E-state index contributed by atoms with van der Waals surface area (Å²) in [5.41, 5.74) is 3.15. The van der Waals surface area contributed by atoms with Crippen molar-refractivity contribution in [3.05, 3.63) is 40.1 Å². The number of fused-ring (bicyclic) bond motifs is 3. The predicted octanol–water partition coefficient (Wildman–Crippen LogP) is 4.76.